The van der Waals surface area contributed by atoms with Crippen molar-refractivity contribution >= 4 is 11.3 Å². The molecule has 0 bridgehead atoms. The second-order valence-corrected chi connectivity index (χ2v) is 7.00. The van der Waals surface area contributed by atoms with Gasteiger partial charge in [0.1, 0.15) is 0 Å². The number of aliphatic hydroxyl groups is 1. The first kappa shape index (κ1) is 14.2. The maximum Gasteiger partial charge on any atom is 0.0897 e. The van der Waals surface area contributed by atoms with Crippen LogP contribution in [0.4, 0.5) is 0 Å². The lowest BCUT2D eigenvalue weighted by atomic mass is 9.87. The molecule has 0 saturated heterocycles. The predicted octanol–water partition coefficient (Wildman–Crippen LogP) is 2.76. The lowest BCUT2D eigenvalue weighted by Crippen LogP contribution is -2.17. The second kappa shape index (κ2) is 5.06. The molecule has 2 heterocycles. The van der Waals surface area contributed by atoms with Gasteiger partial charge in [0.15, 0.2) is 0 Å². The van der Waals surface area contributed by atoms with Crippen molar-refractivity contribution in [2.45, 2.75) is 45.6 Å². The van der Waals surface area contributed by atoms with Crippen LogP contribution in [0, 0.1) is 6.92 Å². The molecule has 1 atom stereocenters. The van der Waals surface area contributed by atoms with E-state index in [4.69, 9.17) is 0 Å². The molecule has 0 spiro atoms. The van der Waals surface area contributed by atoms with Gasteiger partial charge in [-0.15, -0.1) is 11.3 Å². The van der Waals surface area contributed by atoms with Crippen LogP contribution >= 0.6 is 11.3 Å². The third-order valence-corrected chi connectivity index (χ3v) is 3.82. The summed E-state index contributed by atoms with van der Waals surface area (Å²) < 4.78 is 1.77. The molecule has 0 aliphatic heterocycles. The van der Waals surface area contributed by atoms with Crippen molar-refractivity contribution in [3.05, 3.63) is 33.5 Å². The molecule has 0 aliphatic carbocycles. The molecule has 1 N–H and O–H groups in total. The van der Waals surface area contributed by atoms with E-state index < -0.39 is 6.10 Å². The fourth-order valence-electron chi connectivity index (χ4n) is 2.14. The minimum Gasteiger partial charge on any atom is -0.388 e. The van der Waals surface area contributed by atoms with Crippen LogP contribution < -0.4 is 0 Å². The van der Waals surface area contributed by atoms with E-state index in [-0.39, 0.29) is 5.41 Å². The minimum absolute atomic E-state index is 0.0738. The molecule has 2 aromatic heterocycles. The molecule has 0 radical (unpaired) electrons. The van der Waals surface area contributed by atoms with Crippen molar-refractivity contribution in [3.63, 3.8) is 0 Å². The number of hydrogen-bond donors (Lipinski definition) is 1. The summed E-state index contributed by atoms with van der Waals surface area (Å²) >= 11 is 1.61. The first-order valence-electron chi connectivity index (χ1n) is 6.40. The van der Waals surface area contributed by atoms with Crippen LogP contribution in [0.25, 0.3) is 0 Å². The Kier molecular flexibility index (Phi) is 3.78. The van der Waals surface area contributed by atoms with Gasteiger partial charge in [0.25, 0.3) is 0 Å². The lowest BCUT2D eigenvalue weighted by molar-refractivity contribution is 0.175. The van der Waals surface area contributed by atoms with E-state index >= 15 is 0 Å². The number of hydrogen-bond acceptors (Lipinski definition) is 4. The van der Waals surface area contributed by atoms with Gasteiger partial charge >= 0.3 is 0 Å². The summed E-state index contributed by atoms with van der Waals surface area (Å²) in [6, 6.07) is 0. The summed E-state index contributed by atoms with van der Waals surface area (Å²) in [5.74, 6) is 0. The first-order chi connectivity index (χ1) is 8.77. The topological polar surface area (TPSA) is 50.9 Å². The maximum atomic E-state index is 10.5. The Balaban J connectivity index is 2.26. The average molecular weight is 279 g/mol. The number of rotatable bonds is 3. The molecule has 0 aliphatic rings. The molecule has 2 rings (SSSR count). The van der Waals surface area contributed by atoms with Gasteiger partial charge in [0.2, 0.25) is 0 Å². The summed E-state index contributed by atoms with van der Waals surface area (Å²) in [5.41, 5.74) is 2.73. The lowest BCUT2D eigenvalue weighted by Gasteiger charge is -2.19. The largest absolute Gasteiger partial charge is 0.388 e. The van der Waals surface area contributed by atoms with E-state index in [2.05, 4.69) is 30.9 Å². The highest BCUT2D eigenvalue weighted by Crippen LogP contribution is 2.30. The van der Waals surface area contributed by atoms with Crippen LogP contribution in [0.5, 0.6) is 0 Å². The fraction of sp³-hybridized carbons (Fsp3) is 0.571. The van der Waals surface area contributed by atoms with E-state index in [0.717, 1.165) is 22.0 Å². The molecule has 19 heavy (non-hydrogen) atoms. The standard InChI is InChI=1S/C14H21N3OS/c1-9-15-10(8-19-9)6-12(18)11-7-17(5)16-13(11)14(2,3)4/h7-8,12,18H,6H2,1-5H3. The Morgan fingerprint density at radius 1 is 1.42 bits per heavy atom. The third kappa shape index (κ3) is 3.22. The van der Waals surface area contributed by atoms with Crippen LogP contribution in [0.3, 0.4) is 0 Å². The molecule has 104 valence electrons. The number of nitrogens with zero attached hydrogens (tertiary/aromatic N) is 3. The predicted molar refractivity (Wildman–Crippen MR) is 77.4 cm³/mol. The SMILES string of the molecule is Cc1nc(CC(O)c2cn(C)nc2C(C)(C)C)cs1. The summed E-state index contributed by atoms with van der Waals surface area (Å²) in [5, 5.41) is 18.0. The number of aromatic nitrogens is 3. The van der Waals surface area contributed by atoms with Crippen LogP contribution in [-0.4, -0.2) is 19.9 Å². The van der Waals surface area contributed by atoms with Crippen molar-refractivity contribution in [1.82, 2.24) is 14.8 Å². The van der Waals surface area contributed by atoms with Crippen LogP contribution in [0.1, 0.15) is 48.8 Å². The molecular weight excluding hydrogens is 258 g/mol. The molecule has 0 amide bonds. The van der Waals surface area contributed by atoms with Gasteiger partial charge in [0.05, 0.1) is 22.5 Å². The van der Waals surface area contributed by atoms with Gasteiger partial charge in [-0.05, 0) is 6.92 Å². The van der Waals surface area contributed by atoms with Crippen LogP contribution in [0.2, 0.25) is 0 Å². The quantitative estimate of drug-likeness (QED) is 0.940. The van der Waals surface area contributed by atoms with Gasteiger partial charge in [-0.1, -0.05) is 20.8 Å². The van der Waals surface area contributed by atoms with Gasteiger partial charge in [-0.25, -0.2) is 4.98 Å². The molecule has 2 aromatic rings. The molecule has 0 aromatic carbocycles. The maximum absolute atomic E-state index is 10.5. The molecule has 4 nitrogen and oxygen atoms in total. The highest BCUT2D eigenvalue weighted by molar-refractivity contribution is 7.09. The van der Waals surface area contributed by atoms with Crippen LogP contribution in [-0.2, 0) is 18.9 Å². The summed E-state index contributed by atoms with van der Waals surface area (Å²) in [4.78, 5) is 4.41. The zero-order valence-corrected chi connectivity index (χ0v) is 13.0. The van der Waals surface area contributed by atoms with Crippen molar-refractivity contribution < 1.29 is 5.11 Å². The highest BCUT2D eigenvalue weighted by atomic mass is 32.1. The number of aliphatic hydroxyl groups excluding tert-OH is 1. The van der Waals surface area contributed by atoms with E-state index in [9.17, 15) is 5.11 Å². The number of aryl methyl sites for hydroxylation is 2. The van der Waals surface area contributed by atoms with Crippen molar-refractivity contribution in [3.8, 4) is 0 Å². The smallest absolute Gasteiger partial charge is 0.0897 e. The van der Waals surface area contributed by atoms with Crippen molar-refractivity contribution in [2.24, 2.45) is 7.05 Å². The minimum atomic E-state index is -0.551. The van der Waals surface area contributed by atoms with Gasteiger partial charge < -0.3 is 5.11 Å². The van der Waals surface area contributed by atoms with Crippen LogP contribution in [0.15, 0.2) is 11.6 Å². The average Bonchev–Trinajstić information content (AvgIpc) is 2.84. The Bertz CT molecular complexity index is 565. The molecule has 1 unspecified atom stereocenters. The molecule has 5 heteroatoms. The monoisotopic (exact) mass is 279 g/mol. The Morgan fingerprint density at radius 3 is 2.63 bits per heavy atom. The van der Waals surface area contributed by atoms with Gasteiger partial charge in [0, 0.05) is 36.0 Å². The van der Waals surface area contributed by atoms with Gasteiger partial charge in [-0.2, -0.15) is 5.10 Å². The highest BCUT2D eigenvalue weighted by Gasteiger charge is 2.26. The zero-order chi connectivity index (χ0) is 14.2. The van der Waals surface area contributed by atoms with Crippen molar-refractivity contribution in [2.75, 3.05) is 0 Å². The molecular formula is C14H21N3OS. The fourth-order valence-corrected chi connectivity index (χ4v) is 2.77. The van der Waals surface area contributed by atoms with E-state index in [1.54, 1.807) is 16.0 Å². The molecule has 0 fully saturated rings. The summed E-state index contributed by atoms with van der Waals surface area (Å²) in [7, 11) is 1.89. The normalized spacial score (nSPS) is 13.8. The third-order valence-electron chi connectivity index (χ3n) is 3.00. The Labute approximate surface area is 118 Å². The van der Waals surface area contributed by atoms with E-state index in [1.165, 1.54) is 0 Å². The van der Waals surface area contributed by atoms with E-state index in [0.29, 0.717) is 6.42 Å². The summed E-state index contributed by atoms with van der Waals surface area (Å²) in [6.07, 6.45) is 1.90. The summed E-state index contributed by atoms with van der Waals surface area (Å²) in [6.45, 7) is 8.31. The first-order valence-corrected chi connectivity index (χ1v) is 7.28. The Morgan fingerprint density at radius 2 is 2.11 bits per heavy atom. The Hall–Kier alpha value is -1.20. The molecule has 0 saturated carbocycles. The zero-order valence-electron chi connectivity index (χ0n) is 12.1. The number of thiazole rings is 1. The van der Waals surface area contributed by atoms with Crippen molar-refractivity contribution in [1.29, 1.82) is 0 Å². The van der Waals surface area contributed by atoms with E-state index in [1.807, 2.05) is 25.5 Å². The van der Waals surface area contributed by atoms with Gasteiger partial charge in [-0.3, -0.25) is 4.68 Å². The second-order valence-electron chi connectivity index (χ2n) is 5.93.